The number of hydrogen-bond acceptors (Lipinski definition) is 6. The minimum atomic E-state index is -0.130. The van der Waals surface area contributed by atoms with Gasteiger partial charge in [0.2, 0.25) is 5.78 Å². The van der Waals surface area contributed by atoms with E-state index in [2.05, 4.69) is 9.69 Å². The molecule has 1 aromatic heterocycles. The van der Waals surface area contributed by atoms with Crippen LogP contribution < -0.4 is 15.8 Å². The zero-order chi connectivity index (χ0) is 13.1. The van der Waals surface area contributed by atoms with Crippen LogP contribution >= 0.6 is 11.5 Å². The lowest BCUT2D eigenvalue weighted by Crippen LogP contribution is -2.03. The molecule has 0 radical (unpaired) electrons. The third-order valence-electron chi connectivity index (χ3n) is 2.52. The summed E-state index contributed by atoms with van der Waals surface area (Å²) >= 11 is 1.10. The molecule has 0 aliphatic rings. The number of nitrogens with zero attached hydrogens (tertiary/aromatic N) is 1. The van der Waals surface area contributed by atoms with Crippen LogP contribution in [0.4, 0.5) is 11.5 Å². The van der Waals surface area contributed by atoms with E-state index in [1.165, 1.54) is 0 Å². The topological polar surface area (TPSA) is 77.2 Å². The van der Waals surface area contributed by atoms with Gasteiger partial charge in [0.1, 0.15) is 10.6 Å². The van der Waals surface area contributed by atoms with Crippen LogP contribution in [0.1, 0.15) is 15.2 Å². The van der Waals surface area contributed by atoms with Gasteiger partial charge in [0.05, 0.1) is 12.8 Å². The van der Waals surface area contributed by atoms with Crippen molar-refractivity contribution in [3.63, 3.8) is 0 Å². The van der Waals surface area contributed by atoms with E-state index in [1.54, 1.807) is 38.4 Å². The molecule has 94 valence electrons. The number of anilines is 2. The highest BCUT2D eigenvalue weighted by Gasteiger charge is 2.18. The van der Waals surface area contributed by atoms with Crippen LogP contribution in [0, 0.1) is 0 Å². The normalized spacial score (nSPS) is 10.1. The minimum Gasteiger partial charge on any atom is -0.497 e. The second kappa shape index (κ2) is 5.05. The molecule has 1 heterocycles. The van der Waals surface area contributed by atoms with Gasteiger partial charge >= 0.3 is 0 Å². The molecule has 0 atom stereocenters. The molecule has 0 fully saturated rings. The summed E-state index contributed by atoms with van der Waals surface area (Å²) in [5, 5.41) is 2.84. The summed E-state index contributed by atoms with van der Waals surface area (Å²) in [4.78, 5) is 12.7. The number of aromatic nitrogens is 1. The third kappa shape index (κ3) is 2.14. The number of ketones is 1. The van der Waals surface area contributed by atoms with Crippen molar-refractivity contribution in [1.29, 1.82) is 0 Å². The van der Waals surface area contributed by atoms with Gasteiger partial charge in [0.15, 0.2) is 5.82 Å². The van der Waals surface area contributed by atoms with Crippen LogP contribution in [0.25, 0.3) is 0 Å². The smallest absolute Gasteiger partial charge is 0.206 e. The van der Waals surface area contributed by atoms with Crippen molar-refractivity contribution in [2.75, 3.05) is 25.2 Å². The van der Waals surface area contributed by atoms with Crippen LogP contribution in [0.2, 0.25) is 0 Å². The van der Waals surface area contributed by atoms with Crippen molar-refractivity contribution in [2.24, 2.45) is 0 Å². The summed E-state index contributed by atoms with van der Waals surface area (Å²) in [5.41, 5.74) is 6.80. The molecular weight excluding hydrogens is 250 g/mol. The molecule has 0 aliphatic heterocycles. The zero-order valence-electron chi connectivity index (χ0n) is 10.1. The van der Waals surface area contributed by atoms with Gasteiger partial charge in [-0.3, -0.25) is 4.79 Å². The molecular formula is C12H13N3O2S. The lowest BCUT2D eigenvalue weighted by molar-refractivity contribution is 0.104. The molecule has 2 rings (SSSR count). The SMILES string of the molecule is CNc1nsc(C(=O)c2ccc(OC)cc2)c1N. The Kier molecular flexibility index (Phi) is 3.47. The fourth-order valence-corrected chi connectivity index (χ4v) is 2.28. The molecule has 0 saturated carbocycles. The zero-order valence-corrected chi connectivity index (χ0v) is 10.9. The number of ether oxygens (including phenoxy) is 1. The Labute approximate surface area is 109 Å². The van der Waals surface area contributed by atoms with Gasteiger partial charge in [0, 0.05) is 12.6 Å². The first-order chi connectivity index (χ1) is 8.67. The monoisotopic (exact) mass is 263 g/mol. The average molecular weight is 263 g/mol. The maximum absolute atomic E-state index is 12.2. The van der Waals surface area contributed by atoms with Crippen molar-refractivity contribution in [3.05, 3.63) is 34.7 Å². The highest BCUT2D eigenvalue weighted by Crippen LogP contribution is 2.28. The minimum absolute atomic E-state index is 0.130. The maximum atomic E-state index is 12.2. The highest BCUT2D eigenvalue weighted by molar-refractivity contribution is 7.09. The van der Waals surface area contributed by atoms with Gasteiger partial charge in [-0.1, -0.05) is 0 Å². The first kappa shape index (κ1) is 12.4. The van der Waals surface area contributed by atoms with Crippen LogP contribution in [0.15, 0.2) is 24.3 Å². The molecule has 0 amide bonds. The number of benzene rings is 1. The molecule has 5 nitrogen and oxygen atoms in total. The van der Waals surface area contributed by atoms with Crippen molar-refractivity contribution < 1.29 is 9.53 Å². The Morgan fingerprint density at radius 1 is 1.39 bits per heavy atom. The van der Waals surface area contributed by atoms with Crippen molar-refractivity contribution in [1.82, 2.24) is 4.37 Å². The first-order valence-electron chi connectivity index (χ1n) is 5.29. The number of carbonyl (C=O) groups is 1. The van der Waals surface area contributed by atoms with E-state index in [9.17, 15) is 4.79 Å². The summed E-state index contributed by atoms with van der Waals surface area (Å²) in [7, 11) is 3.30. The van der Waals surface area contributed by atoms with E-state index < -0.39 is 0 Å². The van der Waals surface area contributed by atoms with E-state index in [-0.39, 0.29) is 5.78 Å². The number of nitrogen functional groups attached to an aromatic ring is 1. The third-order valence-corrected chi connectivity index (χ3v) is 3.38. The summed E-state index contributed by atoms with van der Waals surface area (Å²) in [6.45, 7) is 0. The number of rotatable bonds is 4. The Morgan fingerprint density at radius 3 is 2.56 bits per heavy atom. The Morgan fingerprint density at radius 2 is 2.06 bits per heavy atom. The van der Waals surface area contributed by atoms with Crippen LogP contribution in [0.3, 0.4) is 0 Å². The lowest BCUT2D eigenvalue weighted by Gasteiger charge is -2.02. The van der Waals surface area contributed by atoms with Crippen LogP contribution in [-0.2, 0) is 0 Å². The maximum Gasteiger partial charge on any atom is 0.206 e. The van der Waals surface area contributed by atoms with E-state index >= 15 is 0 Å². The fraction of sp³-hybridized carbons (Fsp3) is 0.167. The largest absolute Gasteiger partial charge is 0.497 e. The number of nitrogens with two attached hydrogens (primary N) is 1. The van der Waals surface area contributed by atoms with E-state index in [0.29, 0.717) is 27.7 Å². The van der Waals surface area contributed by atoms with Gasteiger partial charge in [0.25, 0.3) is 0 Å². The van der Waals surface area contributed by atoms with Gasteiger partial charge in [-0.25, -0.2) is 0 Å². The molecule has 0 spiro atoms. The molecule has 2 aromatic rings. The molecule has 0 unspecified atom stereocenters. The van der Waals surface area contributed by atoms with Crippen molar-refractivity contribution >= 4 is 28.8 Å². The fourth-order valence-electron chi connectivity index (χ4n) is 1.51. The molecule has 0 saturated heterocycles. The molecule has 1 aromatic carbocycles. The van der Waals surface area contributed by atoms with E-state index in [1.807, 2.05) is 0 Å². The van der Waals surface area contributed by atoms with Crippen molar-refractivity contribution in [2.45, 2.75) is 0 Å². The standard InChI is InChI=1S/C12H13N3O2S/c1-14-12-9(13)11(18-15-12)10(16)7-3-5-8(17-2)6-4-7/h3-6H,13H2,1-2H3,(H,14,15). The number of methoxy groups -OCH3 is 1. The van der Waals surface area contributed by atoms with Crippen molar-refractivity contribution in [3.8, 4) is 5.75 Å². The molecule has 3 N–H and O–H groups in total. The predicted octanol–water partition coefficient (Wildman–Crippen LogP) is 2.01. The van der Waals surface area contributed by atoms with Crippen LogP contribution in [-0.4, -0.2) is 24.3 Å². The van der Waals surface area contributed by atoms with Crippen LogP contribution in [0.5, 0.6) is 5.75 Å². The van der Waals surface area contributed by atoms with E-state index in [0.717, 1.165) is 11.5 Å². The van der Waals surface area contributed by atoms with Gasteiger partial charge in [-0.2, -0.15) is 4.37 Å². The second-order valence-electron chi connectivity index (χ2n) is 3.58. The summed E-state index contributed by atoms with van der Waals surface area (Å²) in [6.07, 6.45) is 0. The Hall–Kier alpha value is -2.08. The summed E-state index contributed by atoms with van der Waals surface area (Å²) < 4.78 is 9.12. The highest BCUT2D eigenvalue weighted by atomic mass is 32.1. The Bertz CT molecular complexity index is 563. The first-order valence-corrected chi connectivity index (χ1v) is 6.06. The summed E-state index contributed by atoms with van der Waals surface area (Å²) in [5.74, 6) is 1.12. The van der Waals surface area contributed by atoms with Gasteiger partial charge in [-0.05, 0) is 35.8 Å². The Balaban J connectivity index is 2.32. The second-order valence-corrected chi connectivity index (χ2v) is 4.36. The molecule has 0 aliphatic carbocycles. The molecule has 6 heteroatoms. The van der Waals surface area contributed by atoms with Gasteiger partial charge < -0.3 is 15.8 Å². The average Bonchev–Trinajstić information content (AvgIpc) is 2.79. The number of hydrogen-bond donors (Lipinski definition) is 2. The predicted molar refractivity (Wildman–Crippen MR) is 72.5 cm³/mol. The van der Waals surface area contributed by atoms with Gasteiger partial charge in [-0.15, -0.1) is 0 Å². The van der Waals surface area contributed by atoms with E-state index in [4.69, 9.17) is 10.5 Å². The summed E-state index contributed by atoms with van der Waals surface area (Å²) in [6, 6.07) is 6.89. The quantitative estimate of drug-likeness (QED) is 0.825. The number of carbonyl (C=O) groups excluding carboxylic acids is 1. The number of nitrogens with one attached hydrogen (secondary N) is 1. The molecule has 0 bridgehead atoms. The lowest BCUT2D eigenvalue weighted by atomic mass is 10.1. The molecule has 18 heavy (non-hydrogen) atoms.